The van der Waals surface area contributed by atoms with Crippen LogP contribution in [0.5, 0.6) is 5.75 Å². The summed E-state index contributed by atoms with van der Waals surface area (Å²) >= 11 is 0. The van der Waals surface area contributed by atoms with E-state index < -0.39 is 0 Å². The number of anilines is 1. The summed E-state index contributed by atoms with van der Waals surface area (Å²) in [7, 11) is 1.65. The molecular weight excluding hydrogens is 294 g/mol. The molecule has 0 aromatic heterocycles. The largest absolute Gasteiger partial charge is 0.497 e. The first kappa shape index (κ1) is 17.1. The van der Waals surface area contributed by atoms with E-state index in [2.05, 4.69) is 10.2 Å². The minimum atomic E-state index is -0.102. The molecule has 1 aromatic carbocycles. The van der Waals surface area contributed by atoms with Crippen LogP contribution in [0.4, 0.5) is 5.69 Å². The summed E-state index contributed by atoms with van der Waals surface area (Å²) in [6.07, 6.45) is 0. The highest BCUT2D eigenvalue weighted by atomic mass is 16.5. The van der Waals surface area contributed by atoms with Crippen molar-refractivity contribution >= 4 is 17.5 Å². The van der Waals surface area contributed by atoms with Crippen molar-refractivity contribution in [3.63, 3.8) is 0 Å². The van der Waals surface area contributed by atoms with Crippen LogP contribution in [0.25, 0.3) is 0 Å². The third-order valence-electron chi connectivity index (χ3n) is 4.01. The van der Waals surface area contributed by atoms with Crippen molar-refractivity contribution in [2.24, 2.45) is 5.92 Å². The maximum absolute atomic E-state index is 12.1. The van der Waals surface area contributed by atoms with Gasteiger partial charge in [0.1, 0.15) is 5.75 Å². The van der Waals surface area contributed by atoms with Crippen LogP contribution in [-0.2, 0) is 9.59 Å². The summed E-state index contributed by atoms with van der Waals surface area (Å²) in [5.74, 6) is 0.627. The zero-order chi connectivity index (χ0) is 16.8. The molecular formula is C17H25N3O3. The van der Waals surface area contributed by atoms with Crippen LogP contribution in [0.2, 0.25) is 0 Å². The minimum absolute atomic E-state index is 0.0200. The summed E-state index contributed by atoms with van der Waals surface area (Å²) in [6, 6.07) is 7.93. The topological polar surface area (TPSA) is 61.9 Å². The molecule has 1 saturated heterocycles. The van der Waals surface area contributed by atoms with Crippen LogP contribution in [0, 0.1) is 5.92 Å². The molecule has 6 nitrogen and oxygen atoms in total. The number of carbonyl (C=O) groups excluding carboxylic acids is 2. The molecule has 0 radical (unpaired) electrons. The number of rotatable bonds is 5. The van der Waals surface area contributed by atoms with Crippen molar-refractivity contribution in [2.45, 2.75) is 13.8 Å². The number of nitrogens with zero attached hydrogens (tertiary/aromatic N) is 2. The lowest BCUT2D eigenvalue weighted by atomic mass is 10.2. The number of amides is 2. The predicted octanol–water partition coefficient (Wildman–Crippen LogP) is 1.12. The molecule has 0 spiro atoms. The molecule has 2 rings (SSSR count). The van der Waals surface area contributed by atoms with E-state index in [1.165, 1.54) is 0 Å². The van der Waals surface area contributed by atoms with Gasteiger partial charge in [-0.1, -0.05) is 13.8 Å². The van der Waals surface area contributed by atoms with Gasteiger partial charge in [0.05, 0.1) is 13.7 Å². The number of carbonyl (C=O) groups is 2. The summed E-state index contributed by atoms with van der Waals surface area (Å²) in [5.41, 5.74) is 1.13. The van der Waals surface area contributed by atoms with Gasteiger partial charge in [-0.25, -0.2) is 0 Å². The molecule has 126 valence electrons. The van der Waals surface area contributed by atoms with Gasteiger partial charge < -0.3 is 19.9 Å². The number of benzene rings is 1. The van der Waals surface area contributed by atoms with E-state index in [1.807, 2.05) is 38.1 Å². The first-order chi connectivity index (χ1) is 11.0. The monoisotopic (exact) mass is 319 g/mol. The molecule has 1 aliphatic heterocycles. The summed E-state index contributed by atoms with van der Waals surface area (Å²) < 4.78 is 5.16. The van der Waals surface area contributed by atoms with Crippen LogP contribution in [0.15, 0.2) is 24.3 Å². The Morgan fingerprint density at radius 1 is 1.13 bits per heavy atom. The number of methoxy groups -OCH3 is 1. The zero-order valence-electron chi connectivity index (χ0n) is 14.0. The standard InChI is InChI=1S/C17H25N3O3/c1-13(2)17(22)18-12-16(21)20-10-8-19(9-11-20)14-4-6-15(23-3)7-5-14/h4-7,13H,8-12H2,1-3H3,(H,18,22). The molecule has 1 heterocycles. The van der Waals surface area contributed by atoms with Crippen molar-refractivity contribution < 1.29 is 14.3 Å². The molecule has 0 atom stereocenters. The summed E-state index contributed by atoms with van der Waals surface area (Å²) in [5, 5.41) is 2.68. The quantitative estimate of drug-likeness (QED) is 0.883. The van der Waals surface area contributed by atoms with Crippen LogP contribution >= 0.6 is 0 Å². The fourth-order valence-corrected chi connectivity index (χ4v) is 2.49. The van der Waals surface area contributed by atoms with Gasteiger partial charge >= 0.3 is 0 Å². The van der Waals surface area contributed by atoms with E-state index in [9.17, 15) is 9.59 Å². The van der Waals surface area contributed by atoms with E-state index >= 15 is 0 Å². The molecule has 1 aliphatic rings. The fourth-order valence-electron chi connectivity index (χ4n) is 2.49. The third kappa shape index (κ3) is 4.61. The molecule has 0 saturated carbocycles. The van der Waals surface area contributed by atoms with Gasteiger partial charge in [0.15, 0.2) is 0 Å². The second kappa shape index (κ2) is 7.85. The van der Waals surface area contributed by atoms with E-state index in [-0.39, 0.29) is 24.3 Å². The SMILES string of the molecule is COc1ccc(N2CCN(C(=O)CNC(=O)C(C)C)CC2)cc1. The van der Waals surface area contributed by atoms with Crippen LogP contribution < -0.4 is 15.0 Å². The van der Waals surface area contributed by atoms with Crippen molar-refractivity contribution in [3.8, 4) is 5.75 Å². The highest BCUT2D eigenvalue weighted by molar-refractivity contribution is 5.85. The number of nitrogens with one attached hydrogen (secondary N) is 1. The number of hydrogen-bond donors (Lipinski definition) is 1. The van der Waals surface area contributed by atoms with Crippen molar-refractivity contribution in [1.29, 1.82) is 0 Å². The van der Waals surface area contributed by atoms with Gasteiger partial charge in [0.2, 0.25) is 11.8 Å². The normalized spacial score (nSPS) is 14.8. The van der Waals surface area contributed by atoms with E-state index in [4.69, 9.17) is 4.74 Å². The molecule has 0 bridgehead atoms. The molecule has 0 unspecified atom stereocenters. The first-order valence-corrected chi connectivity index (χ1v) is 7.95. The second-order valence-corrected chi connectivity index (χ2v) is 5.94. The Balaban J connectivity index is 1.80. The van der Waals surface area contributed by atoms with Gasteiger partial charge in [-0.15, -0.1) is 0 Å². The number of hydrogen-bond acceptors (Lipinski definition) is 4. The molecule has 23 heavy (non-hydrogen) atoms. The summed E-state index contributed by atoms with van der Waals surface area (Å²) in [4.78, 5) is 27.7. The fraction of sp³-hybridized carbons (Fsp3) is 0.529. The van der Waals surface area contributed by atoms with Crippen LogP contribution in [0.1, 0.15) is 13.8 Å². The molecule has 6 heteroatoms. The Labute approximate surface area is 137 Å². The highest BCUT2D eigenvalue weighted by Crippen LogP contribution is 2.20. The minimum Gasteiger partial charge on any atom is -0.497 e. The average Bonchev–Trinajstić information content (AvgIpc) is 2.59. The van der Waals surface area contributed by atoms with E-state index in [0.29, 0.717) is 13.1 Å². The van der Waals surface area contributed by atoms with Crippen molar-refractivity contribution in [3.05, 3.63) is 24.3 Å². The van der Waals surface area contributed by atoms with Gasteiger partial charge in [-0.3, -0.25) is 9.59 Å². The van der Waals surface area contributed by atoms with Crippen LogP contribution in [0.3, 0.4) is 0 Å². The smallest absolute Gasteiger partial charge is 0.242 e. The van der Waals surface area contributed by atoms with Crippen molar-refractivity contribution in [2.75, 3.05) is 44.7 Å². The molecule has 2 amide bonds. The van der Waals surface area contributed by atoms with Gasteiger partial charge in [-0.2, -0.15) is 0 Å². The Bertz CT molecular complexity index is 535. The van der Waals surface area contributed by atoms with Crippen LogP contribution in [-0.4, -0.2) is 56.5 Å². The maximum Gasteiger partial charge on any atom is 0.242 e. The lowest BCUT2D eigenvalue weighted by molar-refractivity contribution is -0.133. The average molecular weight is 319 g/mol. The first-order valence-electron chi connectivity index (χ1n) is 7.95. The van der Waals surface area contributed by atoms with Gasteiger partial charge in [0, 0.05) is 37.8 Å². The number of ether oxygens (including phenoxy) is 1. The predicted molar refractivity (Wildman–Crippen MR) is 89.6 cm³/mol. The molecule has 0 aliphatic carbocycles. The third-order valence-corrected chi connectivity index (χ3v) is 4.01. The molecule has 1 fully saturated rings. The molecule has 1 aromatic rings. The maximum atomic E-state index is 12.1. The van der Waals surface area contributed by atoms with Crippen molar-refractivity contribution in [1.82, 2.24) is 10.2 Å². The number of piperazine rings is 1. The van der Waals surface area contributed by atoms with Gasteiger partial charge in [0.25, 0.3) is 0 Å². The Morgan fingerprint density at radius 2 is 1.74 bits per heavy atom. The van der Waals surface area contributed by atoms with Gasteiger partial charge in [-0.05, 0) is 24.3 Å². The lowest BCUT2D eigenvalue weighted by Gasteiger charge is -2.36. The van der Waals surface area contributed by atoms with E-state index in [1.54, 1.807) is 12.0 Å². The van der Waals surface area contributed by atoms with E-state index in [0.717, 1.165) is 24.5 Å². The second-order valence-electron chi connectivity index (χ2n) is 5.94. The molecule has 1 N–H and O–H groups in total. The Hall–Kier alpha value is -2.24. The Kier molecular flexibility index (Phi) is 5.84. The zero-order valence-corrected chi connectivity index (χ0v) is 14.0. The summed E-state index contributed by atoms with van der Waals surface area (Å²) in [6.45, 7) is 6.62. The Morgan fingerprint density at radius 3 is 2.26 bits per heavy atom. The lowest BCUT2D eigenvalue weighted by Crippen LogP contribution is -2.51. The highest BCUT2D eigenvalue weighted by Gasteiger charge is 2.21.